The monoisotopic (exact) mass is 324 g/mol. The molecule has 2 aromatic rings. The van der Waals surface area contributed by atoms with Crippen molar-refractivity contribution >= 4 is 11.6 Å². The standard InChI is InChI=1S/C20H24N2O2/c1-16(19(23)21-18-10-6-3-7-11-18)22-14-12-20(24,13-15-22)17-8-4-2-5-9-17/h2-11,16,24H,12-15H2,1H3,(H,21,23)/t16-/m1/s1. The third kappa shape index (κ3) is 3.66. The second-order valence-corrected chi connectivity index (χ2v) is 6.46. The summed E-state index contributed by atoms with van der Waals surface area (Å²) < 4.78 is 0. The van der Waals surface area contributed by atoms with Gasteiger partial charge in [0.2, 0.25) is 5.91 Å². The van der Waals surface area contributed by atoms with E-state index in [1.807, 2.05) is 67.6 Å². The van der Waals surface area contributed by atoms with E-state index in [0.717, 1.165) is 11.3 Å². The van der Waals surface area contributed by atoms with Crippen molar-refractivity contribution in [1.82, 2.24) is 4.90 Å². The number of carbonyl (C=O) groups is 1. The Kier molecular flexibility index (Phi) is 4.97. The molecule has 0 aliphatic carbocycles. The van der Waals surface area contributed by atoms with Crippen molar-refractivity contribution in [2.75, 3.05) is 18.4 Å². The molecule has 0 unspecified atom stereocenters. The number of para-hydroxylation sites is 1. The molecule has 0 saturated carbocycles. The molecule has 1 saturated heterocycles. The van der Waals surface area contributed by atoms with Crippen LogP contribution < -0.4 is 5.32 Å². The molecule has 1 heterocycles. The molecule has 1 amide bonds. The number of likely N-dealkylation sites (tertiary alicyclic amines) is 1. The normalized spacial score (nSPS) is 18.8. The maximum atomic E-state index is 12.4. The Morgan fingerprint density at radius 1 is 1.04 bits per heavy atom. The third-order valence-corrected chi connectivity index (χ3v) is 4.90. The van der Waals surface area contributed by atoms with Gasteiger partial charge in [0, 0.05) is 18.8 Å². The minimum Gasteiger partial charge on any atom is -0.385 e. The van der Waals surface area contributed by atoms with Gasteiger partial charge in [-0.3, -0.25) is 9.69 Å². The molecule has 2 N–H and O–H groups in total. The van der Waals surface area contributed by atoms with E-state index in [4.69, 9.17) is 0 Å². The molecule has 0 aromatic heterocycles. The number of hydrogen-bond donors (Lipinski definition) is 2. The summed E-state index contributed by atoms with van der Waals surface area (Å²) in [5, 5.41) is 13.8. The molecule has 1 fully saturated rings. The molecule has 4 heteroatoms. The smallest absolute Gasteiger partial charge is 0.241 e. The highest BCUT2D eigenvalue weighted by Crippen LogP contribution is 2.33. The van der Waals surface area contributed by atoms with Gasteiger partial charge >= 0.3 is 0 Å². The summed E-state index contributed by atoms with van der Waals surface area (Å²) in [6.45, 7) is 3.33. The van der Waals surface area contributed by atoms with E-state index < -0.39 is 5.60 Å². The predicted molar refractivity (Wildman–Crippen MR) is 95.7 cm³/mol. The molecule has 1 atom stereocenters. The zero-order chi connectivity index (χ0) is 17.0. The third-order valence-electron chi connectivity index (χ3n) is 4.90. The lowest BCUT2D eigenvalue weighted by Gasteiger charge is -2.40. The van der Waals surface area contributed by atoms with Crippen LogP contribution in [0.1, 0.15) is 25.3 Å². The van der Waals surface area contributed by atoms with Gasteiger partial charge in [-0.15, -0.1) is 0 Å². The Labute approximate surface area is 143 Å². The number of nitrogens with zero attached hydrogens (tertiary/aromatic N) is 1. The van der Waals surface area contributed by atoms with Crippen LogP contribution in [0.25, 0.3) is 0 Å². The maximum absolute atomic E-state index is 12.4. The summed E-state index contributed by atoms with van der Waals surface area (Å²) in [7, 11) is 0. The van der Waals surface area contributed by atoms with Crippen molar-refractivity contribution in [2.45, 2.75) is 31.4 Å². The Hall–Kier alpha value is -2.17. The van der Waals surface area contributed by atoms with E-state index in [0.29, 0.717) is 25.9 Å². The zero-order valence-corrected chi connectivity index (χ0v) is 14.0. The van der Waals surface area contributed by atoms with Crippen molar-refractivity contribution in [2.24, 2.45) is 0 Å². The molecule has 2 aromatic carbocycles. The maximum Gasteiger partial charge on any atom is 0.241 e. The van der Waals surface area contributed by atoms with Crippen molar-refractivity contribution in [3.05, 3.63) is 66.2 Å². The lowest BCUT2D eigenvalue weighted by Crippen LogP contribution is -2.49. The summed E-state index contributed by atoms with van der Waals surface area (Å²) >= 11 is 0. The average Bonchev–Trinajstić information content (AvgIpc) is 2.63. The fourth-order valence-electron chi connectivity index (χ4n) is 3.25. The van der Waals surface area contributed by atoms with Crippen LogP contribution in [-0.4, -0.2) is 35.0 Å². The van der Waals surface area contributed by atoms with E-state index in [-0.39, 0.29) is 11.9 Å². The Morgan fingerprint density at radius 3 is 2.17 bits per heavy atom. The SMILES string of the molecule is C[C@H](C(=O)Nc1ccccc1)N1CCC(O)(c2ccccc2)CC1. The van der Waals surface area contributed by atoms with Gasteiger partial charge in [-0.25, -0.2) is 0 Å². The van der Waals surface area contributed by atoms with Gasteiger partial charge in [-0.2, -0.15) is 0 Å². The fourth-order valence-corrected chi connectivity index (χ4v) is 3.25. The molecule has 1 aliphatic heterocycles. The summed E-state index contributed by atoms with van der Waals surface area (Å²) in [6, 6.07) is 19.1. The van der Waals surface area contributed by atoms with Crippen LogP contribution in [0, 0.1) is 0 Å². The quantitative estimate of drug-likeness (QED) is 0.909. The number of carbonyl (C=O) groups excluding carboxylic acids is 1. The summed E-state index contributed by atoms with van der Waals surface area (Å²) in [5.41, 5.74) is 0.992. The van der Waals surface area contributed by atoms with Gasteiger partial charge in [-0.1, -0.05) is 48.5 Å². The van der Waals surface area contributed by atoms with Crippen LogP contribution >= 0.6 is 0 Å². The number of anilines is 1. The molecular weight excluding hydrogens is 300 g/mol. The van der Waals surface area contributed by atoms with E-state index in [2.05, 4.69) is 10.2 Å². The number of hydrogen-bond acceptors (Lipinski definition) is 3. The molecule has 126 valence electrons. The molecule has 0 radical (unpaired) electrons. The Morgan fingerprint density at radius 2 is 1.58 bits per heavy atom. The van der Waals surface area contributed by atoms with Gasteiger partial charge < -0.3 is 10.4 Å². The van der Waals surface area contributed by atoms with Gasteiger partial charge in [-0.05, 0) is 37.5 Å². The predicted octanol–water partition coefficient (Wildman–Crippen LogP) is 3.00. The van der Waals surface area contributed by atoms with E-state index in [1.54, 1.807) is 0 Å². The molecule has 0 spiro atoms. The van der Waals surface area contributed by atoms with Crippen molar-refractivity contribution in [3.63, 3.8) is 0 Å². The topological polar surface area (TPSA) is 52.6 Å². The molecule has 3 rings (SSSR count). The van der Waals surface area contributed by atoms with E-state index in [9.17, 15) is 9.90 Å². The molecular formula is C20H24N2O2. The summed E-state index contributed by atoms with van der Waals surface area (Å²) in [5.74, 6) is -0.00801. The first-order valence-electron chi connectivity index (χ1n) is 8.46. The highest BCUT2D eigenvalue weighted by molar-refractivity contribution is 5.94. The molecule has 24 heavy (non-hydrogen) atoms. The van der Waals surface area contributed by atoms with Crippen LogP contribution in [0.15, 0.2) is 60.7 Å². The van der Waals surface area contributed by atoms with E-state index in [1.165, 1.54) is 0 Å². The Balaban J connectivity index is 1.59. The number of aliphatic hydroxyl groups is 1. The zero-order valence-electron chi connectivity index (χ0n) is 14.0. The van der Waals surface area contributed by atoms with Gasteiger partial charge in [0.15, 0.2) is 0 Å². The number of benzene rings is 2. The molecule has 4 nitrogen and oxygen atoms in total. The minimum absolute atomic E-state index is 0.00801. The van der Waals surface area contributed by atoms with Crippen molar-refractivity contribution in [1.29, 1.82) is 0 Å². The second kappa shape index (κ2) is 7.16. The van der Waals surface area contributed by atoms with Crippen LogP contribution in [0.2, 0.25) is 0 Å². The first-order valence-corrected chi connectivity index (χ1v) is 8.46. The van der Waals surface area contributed by atoms with Crippen LogP contribution in [0.5, 0.6) is 0 Å². The first-order chi connectivity index (χ1) is 11.6. The minimum atomic E-state index is -0.784. The number of rotatable bonds is 4. The van der Waals surface area contributed by atoms with Crippen LogP contribution in [0.4, 0.5) is 5.69 Å². The van der Waals surface area contributed by atoms with Crippen molar-refractivity contribution < 1.29 is 9.90 Å². The van der Waals surface area contributed by atoms with Crippen molar-refractivity contribution in [3.8, 4) is 0 Å². The highest BCUT2D eigenvalue weighted by atomic mass is 16.3. The van der Waals surface area contributed by atoms with Crippen LogP contribution in [-0.2, 0) is 10.4 Å². The first kappa shape index (κ1) is 16.7. The highest BCUT2D eigenvalue weighted by Gasteiger charge is 2.36. The van der Waals surface area contributed by atoms with Gasteiger partial charge in [0.1, 0.15) is 0 Å². The summed E-state index contributed by atoms with van der Waals surface area (Å²) in [6.07, 6.45) is 1.28. The lowest BCUT2D eigenvalue weighted by atomic mass is 9.84. The second-order valence-electron chi connectivity index (χ2n) is 6.46. The van der Waals surface area contributed by atoms with E-state index >= 15 is 0 Å². The number of amides is 1. The van der Waals surface area contributed by atoms with Crippen LogP contribution in [0.3, 0.4) is 0 Å². The Bertz CT molecular complexity index is 665. The summed E-state index contributed by atoms with van der Waals surface area (Å²) in [4.78, 5) is 14.6. The number of nitrogens with one attached hydrogen (secondary N) is 1. The fraction of sp³-hybridized carbons (Fsp3) is 0.350. The van der Waals surface area contributed by atoms with Gasteiger partial charge in [0.05, 0.1) is 11.6 Å². The van der Waals surface area contributed by atoms with Gasteiger partial charge in [0.25, 0.3) is 0 Å². The average molecular weight is 324 g/mol. The lowest BCUT2D eigenvalue weighted by molar-refractivity contribution is -0.123. The molecule has 0 bridgehead atoms. The number of piperidine rings is 1. The largest absolute Gasteiger partial charge is 0.385 e. The molecule has 1 aliphatic rings.